The highest BCUT2D eigenvalue weighted by Gasteiger charge is 2.51. The third-order valence-electron chi connectivity index (χ3n) is 3.44. The van der Waals surface area contributed by atoms with Crippen LogP contribution in [0.15, 0.2) is 0 Å². The Morgan fingerprint density at radius 3 is 3.00 bits per heavy atom. The molecule has 2 aliphatic heterocycles. The van der Waals surface area contributed by atoms with Crippen molar-refractivity contribution < 1.29 is 9.50 Å². The molecule has 0 aliphatic carbocycles. The molecule has 0 saturated carbocycles. The first kappa shape index (κ1) is 8.45. The molecule has 3 unspecified atom stereocenters. The first-order valence-electron chi connectivity index (χ1n) is 4.72. The smallest absolute Gasteiger partial charge is 0.115 e. The predicted octanol–water partition coefficient (Wildman–Crippen LogP) is 0.944. The van der Waals surface area contributed by atoms with Crippen LogP contribution >= 0.6 is 0 Å². The molecule has 0 spiro atoms. The molecule has 2 fully saturated rings. The maximum absolute atomic E-state index is 13.1. The van der Waals surface area contributed by atoms with E-state index in [0.717, 1.165) is 19.4 Å². The Bertz CT molecular complexity index is 185. The summed E-state index contributed by atoms with van der Waals surface area (Å²) in [6.45, 7) is 3.28. The van der Waals surface area contributed by atoms with Crippen LogP contribution in [0.1, 0.15) is 26.2 Å². The summed E-state index contributed by atoms with van der Waals surface area (Å²) in [6, 6.07) is 0. The van der Waals surface area contributed by atoms with E-state index < -0.39 is 6.17 Å². The van der Waals surface area contributed by atoms with Crippen LogP contribution in [0, 0.1) is 0 Å². The van der Waals surface area contributed by atoms with Crippen LogP contribution in [0.4, 0.5) is 4.39 Å². The molecule has 0 amide bonds. The molecule has 0 aromatic heterocycles. The Balaban J connectivity index is 2.20. The van der Waals surface area contributed by atoms with Gasteiger partial charge in [-0.15, -0.1) is 0 Å². The number of aliphatic hydroxyl groups excluding tert-OH is 1. The number of alkyl halides is 1. The molecular weight excluding hydrogens is 157 g/mol. The van der Waals surface area contributed by atoms with E-state index in [1.165, 1.54) is 0 Å². The van der Waals surface area contributed by atoms with Gasteiger partial charge in [-0.1, -0.05) is 0 Å². The van der Waals surface area contributed by atoms with Gasteiger partial charge in [0.15, 0.2) is 0 Å². The zero-order valence-electron chi connectivity index (χ0n) is 7.46. The summed E-state index contributed by atoms with van der Waals surface area (Å²) in [6.07, 6.45) is 1.49. The van der Waals surface area contributed by atoms with Crippen molar-refractivity contribution in [2.45, 2.75) is 44.0 Å². The molecule has 70 valence electrons. The SMILES string of the molecule is CC(O)C12CCCN1CC(F)C2. The number of hydrogen-bond donors (Lipinski definition) is 1. The molecule has 0 aromatic rings. The molecule has 0 aromatic carbocycles. The second-order valence-corrected chi connectivity index (χ2v) is 4.13. The van der Waals surface area contributed by atoms with E-state index in [4.69, 9.17) is 0 Å². The fourth-order valence-corrected chi connectivity index (χ4v) is 2.79. The monoisotopic (exact) mass is 173 g/mol. The van der Waals surface area contributed by atoms with E-state index in [1.54, 1.807) is 6.92 Å². The maximum Gasteiger partial charge on any atom is 0.115 e. The molecule has 1 N–H and O–H groups in total. The van der Waals surface area contributed by atoms with Gasteiger partial charge in [-0.05, 0) is 26.3 Å². The third kappa shape index (κ3) is 0.995. The van der Waals surface area contributed by atoms with Crippen LogP contribution < -0.4 is 0 Å². The van der Waals surface area contributed by atoms with Crippen molar-refractivity contribution in [2.75, 3.05) is 13.1 Å². The lowest BCUT2D eigenvalue weighted by molar-refractivity contribution is 0.0289. The van der Waals surface area contributed by atoms with Gasteiger partial charge < -0.3 is 5.11 Å². The maximum atomic E-state index is 13.1. The van der Waals surface area contributed by atoms with E-state index in [9.17, 15) is 9.50 Å². The number of hydrogen-bond acceptors (Lipinski definition) is 2. The Morgan fingerprint density at radius 1 is 1.67 bits per heavy atom. The van der Waals surface area contributed by atoms with Gasteiger partial charge in [0, 0.05) is 18.5 Å². The average Bonchev–Trinajstić information content (AvgIpc) is 2.42. The van der Waals surface area contributed by atoms with Gasteiger partial charge >= 0.3 is 0 Å². The fraction of sp³-hybridized carbons (Fsp3) is 1.00. The Kier molecular flexibility index (Phi) is 1.88. The molecule has 2 saturated heterocycles. The van der Waals surface area contributed by atoms with Crippen molar-refractivity contribution in [2.24, 2.45) is 0 Å². The molecular formula is C9H16FNO. The zero-order chi connectivity index (χ0) is 8.77. The summed E-state index contributed by atoms with van der Waals surface area (Å²) in [5.74, 6) is 0. The standard InChI is InChI=1S/C9H16FNO/c1-7(12)9-3-2-4-11(9)6-8(10)5-9/h7-8,12H,2-6H2,1H3. The fourth-order valence-electron chi connectivity index (χ4n) is 2.79. The van der Waals surface area contributed by atoms with Crippen LogP contribution in [0.3, 0.4) is 0 Å². The van der Waals surface area contributed by atoms with Gasteiger partial charge in [-0.3, -0.25) is 4.90 Å². The number of rotatable bonds is 1. The van der Waals surface area contributed by atoms with Crippen LogP contribution in [0.2, 0.25) is 0 Å². The number of halogens is 1. The Labute approximate surface area is 72.4 Å². The van der Waals surface area contributed by atoms with E-state index in [2.05, 4.69) is 4.90 Å². The summed E-state index contributed by atoms with van der Waals surface area (Å²) in [5, 5.41) is 9.62. The van der Waals surface area contributed by atoms with E-state index in [0.29, 0.717) is 13.0 Å². The van der Waals surface area contributed by atoms with Crippen molar-refractivity contribution in [1.82, 2.24) is 4.90 Å². The Morgan fingerprint density at radius 2 is 2.42 bits per heavy atom. The molecule has 12 heavy (non-hydrogen) atoms. The molecule has 2 rings (SSSR count). The highest BCUT2D eigenvalue weighted by atomic mass is 19.1. The van der Waals surface area contributed by atoms with Crippen LogP contribution in [0.5, 0.6) is 0 Å². The molecule has 0 bridgehead atoms. The topological polar surface area (TPSA) is 23.5 Å². The largest absolute Gasteiger partial charge is 0.391 e. The van der Waals surface area contributed by atoms with Gasteiger partial charge in [0.25, 0.3) is 0 Å². The lowest BCUT2D eigenvalue weighted by Gasteiger charge is -2.34. The highest BCUT2D eigenvalue weighted by molar-refractivity contribution is 5.06. The second-order valence-electron chi connectivity index (χ2n) is 4.13. The minimum Gasteiger partial charge on any atom is -0.391 e. The summed E-state index contributed by atoms with van der Waals surface area (Å²) < 4.78 is 13.1. The van der Waals surface area contributed by atoms with Gasteiger partial charge in [0.1, 0.15) is 6.17 Å². The molecule has 3 atom stereocenters. The van der Waals surface area contributed by atoms with Crippen molar-refractivity contribution >= 4 is 0 Å². The van der Waals surface area contributed by atoms with Crippen molar-refractivity contribution in [3.8, 4) is 0 Å². The zero-order valence-corrected chi connectivity index (χ0v) is 7.46. The summed E-state index contributed by atoms with van der Waals surface area (Å²) in [7, 11) is 0. The number of aliphatic hydroxyl groups is 1. The van der Waals surface area contributed by atoms with Crippen molar-refractivity contribution in [3.63, 3.8) is 0 Å². The summed E-state index contributed by atoms with van der Waals surface area (Å²) in [4.78, 5) is 2.13. The van der Waals surface area contributed by atoms with Crippen LogP contribution in [-0.4, -0.2) is 40.9 Å². The van der Waals surface area contributed by atoms with Crippen LogP contribution in [-0.2, 0) is 0 Å². The minimum atomic E-state index is -0.722. The molecule has 2 nitrogen and oxygen atoms in total. The third-order valence-corrected chi connectivity index (χ3v) is 3.44. The molecule has 2 heterocycles. The van der Waals surface area contributed by atoms with Gasteiger partial charge in [0.05, 0.1) is 6.10 Å². The lowest BCUT2D eigenvalue weighted by Crippen LogP contribution is -2.47. The Hall–Kier alpha value is -0.150. The number of fused-ring (bicyclic) bond motifs is 1. The molecule has 2 aliphatic rings. The summed E-state index contributed by atoms with van der Waals surface area (Å²) in [5.41, 5.74) is -0.209. The van der Waals surface area contributed by atoms with Gasteiger partial charge in [-0.2, -0.15) is 0 Å². The van der Waals surface area contributed by atoms with E-state index in [-0.39, 0.29) is 11.6 Å². The normalized spacial score (nSPS) is 44.8. The minimum absolute atomic E-state index is 0.209. The first-order valence-corrected chi connectivity index (χ1v) is 4.72. The van der Waals surface area contributed by atoms with Crippen molar-refractivity contribution in [3.05, 3.63) is 0 Å². The first-order chi connectivity index (χ1) is 5.65. The number of nitrogens with zero attached hydrogens (tertiary/aromatic N) is 1. The van der Waals surface area contributed by atoms with E-state index in [1.807, 2.05) is 0 Å². The lowest BCUT2D eigenvalue weighted by atomic mass is 9.88. The molecule has 0 radical (unpaired) electrons. The average molecular weight is 173 g/mol. The molecule has 3 heteroatoms. The van der Waals surface area contributed by atoms with Gasteiger partial charge in [-0.25, -0.2) is 4.39 Å². The van der Waals surface area contributed by atoms with Gasteiger partial charge in [0.2, 0.25) is 0 Å². The van der Waals surface area contributed by atoms with E-state index >= 15 is 0 Å². The summed E-state index contributed by atoms with van der Waals surface area (Å²) >= 11 is 0. The van der Waals surface area contributed by atoms with Crippen LogP contribution in [0.25, 0.3) is 0 Å². The quantitative estimate of drug-likeness (QED) is 0.638. The highest BCUT2D eigenvalue weighted by Crippen LogP contribution is 2.42. The predicted molar refractivity (Wildman–Crippen MR) is 44.7 cm³/mol. The van der Waals surface area contributed by atoms with Crippen molar-refractivity contribution in [1.29, 1.82) is 0 Å². The second kappa shape index (κ2) is 2.67.